The highest BCUT2D eigenvalue weighted by Gasteiger charge is 2.51. The van der Waals surface area contributed by atoms with Crippen LogP contribution in [0.2, 0.25) is 19.6 Å². The van der Waals surface area contributed by atoms with Gasteiger partial charge in [-0.05, 0) is 26.3 Å². The second-order valence-corrected chi connectivity index (χ2v) is 11.3. The van der Waals surface area contributed by atoms with Crippen LogP contribution in [0.25, 0.3) is 0 Å². The Bertz CT molecular complexity index is 425. The lowest BCUT2D eigenvalue weighted by Crippen LogP contribution is -2.48. The molecule has 2 aliphatic rings. The van der Waals surface area contributed by atoms with E-state index in [0.29, 0.717) is 0 Å². The number of hydrogen-bond donors (Lipinski definition) is 1. The molecule has 0 bridgehead atoms. The summed E-state index contributed by atoms with van der Waals surface area (Å²) in [5, 5.41) is 10.7. The molecule has 0 aromatic heterocycles. The van der Waals surface area contributed by atoms with Gasteiger partial charge in [-0.2, -0.15) is 0 Å². The van der Waals surface area contributed by atoms with Crippen LogP contribution < -0.4 is 0 Å². The summed E-state index contributed by atoms with van der Waals surface area (Å²) in [5.41, 5.74) is 2.01. The zero-order valence-corrected chi connectivity index (χ0v) is 12.8. The molecule has 1 heterocycles. The highest BCUT2D eigenvalue weighted by Crippen LogP contribution is 2.38. The van der Waals surface area contributed by atoms with Gasteiger partial charge in [-0.3, -0.25) is 0 Å². The molecule has 1 aliphatic heterocycles. The lowest BCUT2D eigenvalue weighted by molar-refractivity contribution is -0.156. The predicted molar refractivity (Wildman–Crippen MR) is 73.7 cm³/mol. The summed E-state index contributed by atoms with van der Waals surface area (Å²) in [6.07, 6.45) is 3.97. The number of aliphatic hydroxyl groups is 1. The number of hydrogen-bond acceptors (Lipinski definition) is 3. The summed E-state index contributed by atoms with van der Waals surface area (Å²) in [4.78, 5) is 0. The molecule has 0 aromatic carbocycles. The van der Waals surface area contributed by atoms with Crippen LogP contribution in [0.1, 0.15) is 20.3 Å². The van der Waals surface area contributed by atoms with Crippen LogP contribution in [0.15, 0.2) is 12.2 Å². The van der Waals surface area contributed by atoms with E-state index >= 15 is 0 Å². The van der Waals surface area contributed by atoms with E-state index in [0.717, 1.165) is 6.42 Å². The summed E-state index contributed by atoms with van der Waals surface area (Å²) >= 11 is 0. The first-order valence-corrected chi connectivity index (χ1v) is 9.91. The molecule has 0 saturated carbocycles. The molecule has 3 atom stereocenters. The van der Waals surface area contributed by atoms with Crippen molar-refractivity contribution >= 4 is 8.07 Å². The molecule has 0 radical (unpaired) electrons. The third-order valence-electron chi connectivity index (χ3n) is 3.00. The summed E-state index contributed by atoms with van der Waals surface area (Å²) in [6.45, 7) is 10.2. The highest BCUT2D eigenvalue weighted by molar-refractivity contribution is 6.83. The Kier molecular flexibility index (Phi) is 3.23. The van der Waals surface area contributed by atoms with E-state index in [1.807, 2.05) is 19.9 Å². The maximum Gasteiger partial charge on any atom is 0.172 e. The van der Waals surface area contributed by atoms with Crippen molar-refractivity contribution in [1.82, 2.24) is 0 Å². The van der Waals surface area contributed by atoms with Crippen LogP contribution >= 0.6 is 0 Å². The van der Waals surface area contributed by atoms with Crippen molar-refractivity contribution in [2.45, 2.75) is 63.5 Å². The van der Waals surface area contributed by atoms with Gasteiger partial charge in [0, 0.05) is 0 Å². The standard InChI is InChI=1S/C14H22O3Si/c1-13(2)16-11-7-6-8-14(15,12(11)17-13)9-10-18(3,4)5/h6,8,11-12,15H,7H2,1-5H3/t11-,12-,14?/m0/s1. The molecule has 4 heteroatoms. The summed E-state index contributed by atoms with van der Waals surface area (Å²) in [6, 6.07) is 0. The van der Waals surface area contributed by atoms with Crippen molar-refractivity contribution in [3.05, 3.63) is 12.2 Å². The van der Waals surface area contributed by atoms with Crippen molar-refractivity contribution < 1.29 is 14.6 Å². The monoisotopic (exact) mass is 266 g/mol. The third-order valence-corrected chi connectivity index (χ3v) is 3.87. The van der Waals surface area contributed by atoms with E-state index in [2.05, 4.69) is 31.1 Å². The van der Waals surface area contributed by atoms with Crippen LogP contribution in [0.3, 0.4) is 0 Å². The first-order valence-electron chi connectivity index (χ1n) is 6.41. The van der Waals surface area contributed by atoms with E-state index in [4.69, 9.17) is 9.47 Å². The average Bonchev–Trinajstić information content (AvgIpc) is 2.51. The van der Waals surface area contributed by atoms with Gasteiger partial charge in [0.05, 0.1) is 6.10 Å². The molecular formula is C14H22O3Si. The Morgan fingerprint density at radius 3 is 2.56 bits per heavy atom. The normalized spacial score (nSPS) is 37.9. The van der Waals surface area contributed by atoms with Gasteiger partial charge in [0.1, 0.15) is 14.2 Å². The average molecular weight is 266 g/mol. The lowest BCUT2D eigenvalue weighted by atomic mass is 9.87. The van der Waals surface area contributed by atoms with Crippen molar-refractivity contribution in [3.63, 3.8) is 0 Å². The Labute approximate surface area is 110 Å². The molecule has 1 unspecified atom stereocenters. The van der Waals surface area contributed by atoms with Crippen LogP contribution in [0.5, 0.6) is 0 Å². The van der Waals surface area contributed by atoms with Crippen LogP contribution in [0.4, 0.5) is 0 Å². The molecule has 1 saturated heterocycles. The minimum absolute atomic E-state index is 0.106. The quantitative estimate of drug-likeness (QED) is 0.414. The molecule has 0 aromatic rings. The second-order valence-electron chi connectivity index (χ2n) is 6.56. The smallest absolute Gasteiger partial charge is 0.172 e. The minimum Gasteiger partial charge on any atom is -0.371 e. The van der Waals surface area contributed by atoms with Crippen LogP contribution in [-0.2, 0) is 9.47 Å². The Balaban J connectivity index is 2.29. The van der Waals surface area contributed by atoms with Gasteiger partial charge in [0.15, 0.2) is 11.4 Å². The van der Waals surface area contributed by atoms with E-state index in [1.54, 1.807) is 6.08 Å². The fraction of sp³-hybridized carbons (Fsp3) is 0.714. The molecule has 0 spiro atoms. The van der Waals surface area contributed by atoms with Crippen molar-refractivity contribution in [2.24, 2.45) is 0 Å². The Morgan fingerprint density at radius 1 is 1.28 bits per heavy atom. The molecule has 100 valence electrons. The predicted octanol–water partition coefficient (Wildman–Crippen LogP) is 2.08. The zero-order valence-electron chi connectivity index (χ0n) is 11.8. The molecular weight excluding hydrogens is 244 g/mol. The van der Waals surface area contributed by atoms with Gasteiger partial charge >= 0.3 is 0 Å². The molecule has 2 rings (SSSR count). The fourth-order valence-electron chi connectivity index (χ4n) is 2.26. The summed E-state index contributed by atoms with van der Waals surface area (Å²) < 4.78 is 11.6. The first-order chi connectivity index (χ1) is 8.11. The van der Waals surface area contributed by atoms with E-state index in [1.165, 1.54) is 0 Å². The van der Waals surface area contributed by atoms with Gasteiger partial charge in [-0.1, -0.05) is 31.6 Å². The molecule has 18 heavy (non-hydrogen) atoms. The first kappa shape index (κ1) is 13.8. The van der Waals surface area contributed by atoms with Crippen molar-refractivity contribution in [1.29, 1.82) is 0 Å². The van der Waals surface area contributed by atoms with Gasteiger partial charge in [-0.25, -0.2) is 0 Å². The topological polar surface area (TPSA) is 38.7 Å². The van der Waals surface area contributed by atoms with E-state index in [-0.39, 0.29) is 12.2 Å². The van der Waals surface area contributed by atoms with E-state index in [9.17, 15) is 5.11 Å². The minimum atomic E-state index is -1.52. The SMILES string of the molecule is CC1(C)O[C@H]2CC=CC(O)(C#C[Si](C)(C)C)[C@H]2O1. The van der Waals surface area contributed by atoms with Gasteiger partial charge in [-0.15, -0.1) is 5.54 Å². The summed E-state index contributed by atoms with van der Waals surface area (Å²) in [7, 11) is -1.52. The molecule has 3 nitrogen and oxygen atoms in total. The molecule has 0 amide bonds. The number of rotatable bonds is 0. The van der Waals surface area contributed by atoms with Crippen molar-refractivity contribution in [3.8, 4) is 11.5 Å². The lowest BCUT2D eigenvalue weighted by Gasteiger charge is -2.31. The molecule has 1 N–H and O–H groups in total. The van der Waals surface area contributed by atoms with Crippen LogP contribution in [-0.4, -0.2) is 36.8 Å². The highest BCUT2D eigenvalue weighted by atomic mass is 28.3. The maximum absolute atomic E-state index is 10.7. The zero-order chi connectivity index (χ0) is 13.6. The fourth-order valence-corrected chi connectivity index (χ4v) is 2.83. The second kappa shape index (κ2) is 4.21. The summed E-state index contributed by atoms with van der Waals surface area (Å²) in [5.74, 6) is 2.38. The number of fused-ring (bicyclic) bond motifs is 1. The molecule has 1 aliphatic carbocycles. The van der Waals surface area contributed by atoms with Crippen LogP contribution in [0, 0.1) is 11.5 Å². The third kappa shape index (κ3) is 2.86. The van der Waals surface area contributed by atoms with Crippen molar-refractivity contribution in [2.75, 3.05) is 0 Å². The van der Waals surface area contributed by atoms with E-state index < -0.39 is 19.5 Å². The molecule has 1 fully saturated rings. The van der Waals surface area contributed by atoms with Gasteiger partial charge in [0.25, 0.3) is 0 Å². The van der Waals surface area contributed by atoms with Gasteiger partial charge in [0.2, 0.25) is 0 Å². The Morgan fingerprint density at radius 2 is 1.94 bits per heavy atom. The maximum atomic E-state index is 10.7. The number of ether oxygens (including phenoxy) is 2. The Hall–Kier alpha value is -0.603. The largest absolute Gasteiger partial charge is 0.371 e. The van der Waals surface area contributed by atoms with Gasteiger partial charge < -0.3 is 14.6 Å².